The summed E-state index contributed by atoms with van der Waals surface area (Å²) in [5.41, 5.74) is 2.92. The molecule has 2 aromatic carbocycles. The molecule has 0 bridgehead atoms. The van der Waals surface area contributed by atoms with E-state index in [1.165, 1.54) is 0 Å². The van der Waals surface area contributed by atoms with Crippen LogP contribution in [-0.2, 0) is 6.54 Å². The number of rotatable bonds is 5. The lowest BCUT2D eigenvalue weighted by Gasteiger charge is -2.11. The molecule has 0 unspecified atom stereocenters. The van der Waals surface area contributed by atoms with E-state index in [2.05, 4.69) is 5.32 Å². The highest BCUT2D eigenvalue weighted by molar-refractivity contribution is 5.94. The van der Waals surface area contributed by atoms with Gasteiger partial charge in [0.1, 0.15) is 0 Å². The fourth-order valence-electron chi connectivity index (χ4n) is 2.53. The first kappa shape index (κ1) is 15.9. The Labute approximate surface area is 139 Å². The van der Waals surface area contributed by atoms with E-state index in [1.807, 2.05) is 30.3 Å². The molecule has 3 aromatic rings. The number of carbonyl (C=O) groups excluding carboxylic acids is 1. The van der Waals surface area contributed by atoms with E-state index in [4.69, 9.17) is 4.42 Å². The van der Waals surface area contributed by atoms with E-state index in [1.54, 1.807) is 41.8 Å². The van der Waals surface area contributed by atoms with Crippen LogP contribution in [0.25, 0.3) is 11.1 Å². The number of carbonyl (C=O) groups is 1. The average molecular weight is 325 g/mol. The number of amides is 1. The summed E-state index contributed by atoms with van der Waals surface area (Å²) in [5.74, 6) is -0.386. The van der Waals surface area contributed by atoms with Gasteiger partial charge in [0, 0.05) is 38.4 Å². The van der Waals surface area contributed by atoms with E-state index in [9.17, 15) is 9.59 Å². The lowest BCUT2D eigenvalue weighted by atomic mass is 10.2. The first-order chi connectivity index (χ1) is 11.6. The Balaban J connectivity index is 1.65. The van der Waals surface area contributed by atoms with Crippen LogP contribution in [0.3, 0.4) is 0 Å². The van der Waals surface area contributed by atoms with Crippen LogP contribution in [0.2, 0.25) is 0 Å². The molecule has 1 N–H and O–H groups in total. The molecule has 0 saturated carbocycles. The molecule has 0 atom stereocenters. The second-order valence-corrected chi connectivity index (χ2v) is 5.69. The van der Waals surface area contributed by atoms with Crippen molar-refractivity contribution in [3.05, 3.63) is 64.6 Å². The topological polar surface area (TPSA) is 67.5 Å². The smallest absolute Gasteiger partial charge is 0.408 e. The molecule has 1 amide bonds. The monoisotopic (exact) mass is 325 g/mol. The number of hydrogen-bond acceptors (Lipinski definition) is 4. The SMILES string of the molecule is CN(C)C(=O)c1ccc(NCCn2c(=O)oc3ccccc32)cc1. The first-order valence-corrected chi connectivity index (χ1v) is 7.70. The van der Waals surface area contributed by atoms with Crippen LogP contribution in [0.15, 0.2) is 57.7 Å². The number of benzene rings is 2. The maximum absolute atomic E-state index is 11.9. The van der Waals surface area contributed by atoms with Crippen molar-refractivity contribution in [1.82, 2.24) is 9.47 Å². The Bertz CT molecular complexity index is 907. The van der Waals surface area contributed by atoms with Gasteiger partial charge in [-0.1, -0.05) is 12.1 Å². The molecule has 1 heterocycles. The van der Waals surface area contributed by atoms with E-state index in [0.29, 0.717) is 24.2 Å². The number of hydrogen-bond donors (Lipinski definition) is 1. The summed E-state index contributed by atoms with van der Waals surface area (Å²) in [7, 11) is 3.45. The molecule has 6 nitrogen and oxygen atoms in total. The predicted octanol–water partition coefficient (Wildman–Crippen LogP) is 2.41. The Kier molecular flexibility index (Phi) is 4.37. The molecule has 0 radical (unpaired) electrons. The number of nitrogens with one attached hydrogen (secondary N) is 1. The highest BCUT2D eigenvalue weighted by Crippen LogP contribution is 2.13. The molecule has 124 valence electrons. The van der Waals surface area contributed by atoms with Crippen molar-refractivity contribution in [1.29, 1.82) is 0 Å². The van der Waals surface area contributed by atoms with Gasteiger partial charge < -0.3 is 14.6 Å². The summed E-state index contributed by atoms with van der Waals surface area (Å²) in [6.07, 6.45) is 0. The summed E-state index contributed by atoms with van der Waals surface area (Å²) in [4.78, 5) is 25.3. The van der Waals surface area contributed by atoms with Gasteiger partial charge in [-0.3, -0.25) is 9.36 Å². The van der Waals surface area contributed by atoms with Crippen LogP contribution in [0.4, 0.5) is 5.69 Å². The predicted molar refractivity (Wildman–Crippen MR) is 93.4 cm³/mol. The normalized spacial score (nSPS) is 10.8. The van der Waals surface area contributed by atoms with E-state index in [0.717, 1.165) is 11.2 Å². The zero-order valence-electron chi connectivity index (χ0n) is 13.7. The lowest BCUT2D eigenvalue weighted by molar-refractivity contribution is 0.0827. The fraction of sp³-hybridized carbons (Fsp3) is 0.222. The highest BCUT2D eigenvalue weighted by Gasteiger charge is 2.09. The molecule has 0 aliphatic heterocycles. The minimum atomic E-state index is -0.357. The second-order valence-electron chi connectivity index (χ2n) is 5.69. The summed E-state index contributed by atoms with van der Waals surface area (Å²) in [6.45, 7) is 1.07. The largest absolute Gasteiger partial charge is 0.420 e. The zero-order chi connectivity index (χ0) is 17.1. The van der Waals surface area contributed by atoms with Gasteiger partial charge in [-0.05, 0) is 36.4 Å². The lowest BCUT2D eigenvalue weighted by Crippen LogP contribution is -2.21. The minimum absolute atomic E-state index is 0.0297. The van der Waals surface area contributed by atoms with Gasteiger partial charge in [-0.15, -0.1) is 0 Å². The van der Waals surface area contributed by atoms with Crippen molar-refractivity contribution >= 4 is 22.7 Å². The third kappa shape index (κ3) is 3.17. The Morgan fingerprint density at radius 3 is 2.54 bits per heavy atom. The standard InChI is InChI=1S/C18H19N3O3/c1-20(2)17(22)13-7-9-14(10-8-13)19-11-12-21-15-5-3-4-6-16(15)24-18(21)23/h3-10,19H,11-12H2,1-2H3. The summed E-state index contributed by atoms with van der Waals surface area (Å²) in [6, 6.07) is 14.6. The van der Waals surface area contributed by atoms with Crippen LogP contribution in [-0.4, -0.2) is 36.0 Å². The maximum Gasteiger partial charge on any atom is 0.420 e. The Hall–Kier alpha value is -3.02. The van der Waals surface area contributed by atoms with Crippen LogP contribution >= 0.6 is 0 Å². The molecule has 1 aromatic heterocycles. The van der Waals surface area contributed by atoms with Gasteiger partial charge in [0.05, 0.1) is 5.52 Å². The minimum Gasteiger partial charge on any atom is -0.408 e. The summed E-state index contributed by atoms with van der Waals surface area (Å²) >= 11 is 0. The van der Waals surface area contributed by atoms with Gasteiger partial charge >= 0.3 is 5.76 Å². The molecule has 0 spiro atoms. The molecular formula is C18H19N3O3. The second kappa shape index (κ2) is 6.62. The number of aromatic nitrogens is 1. The van der Waals surface area contributed by atoms with Crippen LogP contribution in [0.1, 0.15) is 10.4 Å². The van der Waals surface area contributed by atoms with Crippen LogP contribution < -0.4 is 11.1 Å². The van der Waals surface area contributed by atoms with Crippen molar-refractivity contribution in [2.75, 3.05) is 26.0 Å². The number of oxazole rings is 1. The molecule has 24 heavy (non-hydrogen) atoms. The molecular weight excluding hydrogens is 306 g/mol. The molecule has 0 saturated heterocycles. The summed E-state index contributed by atoms with van der Waals surface area (Å²) in [5, 5.41) is 3.24. The third-order valence-corrected chi connectivity index (χ3v) is 3.78. The van der Waals surface area contributed by atoms with Crippen molar-refractivity contribution in [2.24, 2.45) is 0 Å². The van der Waals surface area contributed by atoms with Crippen molar-refractivity contribution in [3.63, 3.8) is 0 Å². The highest BCUT2D eigenvalue weighted by atomic mass is 16.4. The molecule has 6 heteroatoms. The zero-order valence-corrected chi connectivity index (χ0v) is 13.7. The quantitative estimate of drug-likeness (QED) is 0.782. The molecule has 0 aliphatic carbocycles. The van der Waals surface area contributed by atoms with Crippen molar-refractivity contribution in [2.45, 2.75) is 6.54 Å². The Morgan fingerprint density at radius 2 is 1.83 bits per heavy atom. The van der Waals surface area contributed by atoms with E-state index < -0.39 is 0 Å². The van der Waals surface area contributed by atoms with Gasteiger partial charge in [0.25, 0.3) is 5.91 Å². The number of para-hydroxylation sites is 2. The van der Waals surface area contributed by atoms with Crippen molar-refractivity contribution in [3.8, 4) is 0 Å². The Morgan fingerprint density at radius 1 is 1.12 bits per heavy atom. The van der Waals surface area contributed by atoms with Gasteiger partial charge in [0.2, 0.25) is 0 Å². The van der Waals surface area contributed by atoms with Gasteiger partial charge in [-0.2, -0.15) is 0 Å². The molecule has 0 aliphatic rings. The number of nitrogens with zero attached hydrogens (tertiary/aromatic N) is 2. The van der Waals surface area contributed by atoms with Crippen molar-refractivity contribution < 1.29 is 9.21 Å². The third-order valence-electron chi connectivity index (χ3n) is 3.78. The van der Waals surface area contributed by atoms with E-state index in [-0.39, 0.29) is 11.7 Å². The average Bonchev–Trinajstić information content (AvgIpc) is 2.90. The first-order valence-electron chi connectivity index (χ1n) is 7.70. The fourth-order valence-corrected chi connectivity index (χ4v) is 2.53. The van der Waals surface area contributed by atoms with Gasteiger partial charge in [-0.25, -0.2) is 4.79 Å². The van der Waals surface area contributed by atoms with Gasteiger partial charge in [0.15, 0.2) is 5.58 Å². The van der Waals surface area contributed by atoms with Crippen LogP contribution in [0, 0.1) is 0 Å². The number of fused-ring (bicyclic) bond motifs is 1. The molecule has 3 rings (SSSR count). The van der Waals surface area contributed by atoms with E-state index >= 15 is 0 Å². The summed E-state index contributed by atoms with van der Waals surface area (Å²) < 4.78 is 6.81. The number of anilines is 1. The van der Waals surface area contributed by atoms with Crippen LogP contribution in [0.5, 0.6) is 0 Å². The maximum atomic E-state index is 11.9. The molecule has 0 fully saturated rings.